The van der Waals surface area contributed by atoms with Crippen molar-refractivity contribution in [1.82, 2.24) is 0 Å². The number of thioether (sulfide) groups is 2. The fourth-order valence-electron chi connectivity index (χ4n) is 4.30. The average molecular weight is 514 g/mol. The van der Waals surface area contributed by atoms with Crippen LogP contribution in [0, 0.1) is 6.92 Å². The van der Waals surface area contributed by atoms with E-state index in [-0.39, 0.29) is 5.91 Å². The van der Waals surface area contributed by atoms with Crippen molar-refractivity contribution in [3.63, 3.8) is 0 Å². The molecule has 0 spiro atoms. The molecule has 0 atom stereocenters. The van der Waals surface area contributed by atoms with Crippen molar-refractivity contribution in [3.05, 3.63) is 105 Å². The Hall–Kier alpha value is -3.19. The van der Waals surface area contributed by atoms with Crippen LogP contribution in [0.4, 0.5) is 17.1 Å². The molecule has 35 heavy (non-hydrogen) atoms. The lowest BCUT2D eigenvalue weighted by Gasteiger charge is -2.17. The number of hydrogen-bond donors (Lipinski definition) is 0. The van der Waals surface area contributed by atoms with Gasteiger partial charge >= 0.3 is 0 Å². The van der Waals surface area contributed by atoms with Crippen LogP contribution in [0.1, 0.15) is 5.56 Å². The van der Waals surface area contributed by atoms with Gasteiger partial charge in [0.05, 0.1) is 22.1 Å². The van der Waals surface area contributed by atoms with Gasteiger partial charge in [0.2, 0.25) is 0 Å². The van der Waals surface area contributed by atoms with Crippen LogP contribution in [0.25, 0.3) is 10.8 Å². The maximum atomic E-state index is 13.9. The van der Waals surface area contributed by atoms with E-state index in [2.05, 4.69) is 18.2 Å². The lowest BCUT2D eigenvalue weighted by molar-refractivity contribution is -0.113. The normalized spacial score (nSPS) is 18.7. The Morgan fingerprint density at radius 3 is 2.54 bits per heavy atom. The first-order chi connectivity index (χ1) is 17.0. The number of anilines is 2. The van der Waals surface area contributed by atoms with Crippen LogP contribution < -0.4 is 9.80 Å². The van der Waals surface area contributed by atoms with Crippen LogP contribution >= 0.6 is 35.1 Å². The minimum Gasteiger partial charge on any atom is -0.337 e. The molecule has 0 aliphatic carbocycles. The standard InChI is InChI=1S/C28H20ClN3OS2/c1-17-7-5-10-20(15-17)32-26(33)25(27-31(2)23-16-19(29)13-14-24(23)34-27)35-28(32)30-22-12-6-9-18-8-3-4-11-21(18)22/h3-16H,1-2H3. The summed E-state index contributed by atoms with van der Waals surface area (Å²) < 4.78 is 0. The summed E-state index contributed by atoms with van der Waals surface area (Å²) >= 11 is 9.26. The minimum atomic E-state index is -0.0761. The van der Waals surface area contributed by atoms with Gasteiger partial charge in [0.15, 0.2) is 5.17 Å². The first-order valence-corrected chi connectivity index (χ1v) is 13.1. The van der Waals surface area contributed by atoms with Crippen LogP contribution in [-0.4, -0.2) is 18.1 Å². The maximum Gasteiger partial charge on any atom is 0.274 e. The van der Waals surface area contributed by atoms with E-state index < -0.39 is 0 Å². The number of halogens is 1. The summed E-state index contributed by atoms with van der Waals surface area (Å²) in [5, 5.41) is 4.37. The van der Waals surface area contributed by atoms with Crippen LogP contribution in [0.15, 0.2) is 105 Å². The number of carbonyl (C=O) groups excluding carboxylic acids is 1. The zero-order valence-electron chi connectivity index (χ0n) is 19.0. The van der Waals surface area contributed by atoms with Crippen LogP contribution in [0.3, 0.4) is 0 Å². The van der Waals surface area contributed by atoms with Crippen molar-refractivity contribution < 1.29 is 4.79 Å². The Bertz CT molecular complexity index is 1570. The number of benzene rings is 4. The number of rotatable bonds is 2. The van der Waals surface area contributed by atoms with E-state index in [1.807, 2.05) is 85.6 Å². The molecule has 7 heteroatoms. The summed E-state index contributed by atoms with van der Waals surface area (Å²) in [6.07, 6.45) is 0. The first-order valence-electron chi connectivity index (χ1n) is 11.1. The molecule has 1 amide bonds. The molecule has 0 saturated carbocycles. The highest BCUT2D eigenvalue weighted by atomic mass is 35.5. The third kappa shape index (κ3) is 3.92. The zero-order chi connectivity index (χ0) is 24.1. The van der Waals surface area contributed by atoms with E-state index in [0.717, 1.165) is 43.3 Å². The average Bonchev–Trinajstić information content (AvgIpc) is 3.35. The first kappa shape index (κ1) is 22.3. The summed E-state index contributed by atoms with van der Waals surface area (Å²) in [6, 6.07) is 28.0. The van der Waals surface area contributed by atoms with Gasteiger partial charge in [-0.25, -0.2) is 4.99 Å². The summed E-state index contributed by atoms with van der Waals surface area (Å²) in [4.78, 5) is 24.5. The Kier molecular flexibility index (Phi) is 5.60. The Balaban J connectivity index is 1.51. The van der Waals surface area contributed by atoms with Crippen molar-refractivity contribution in [2.24, 2.45) is 4.99 Å². The second-order valence-corrected chi connectivity index (χ2v) is 10.8. The van der Waals surface area contributed by atoms with Gasteiger partial charge in [0.25, 0.3) is 5.91 Å². The molecular formula is C28H20ClN3OS2. The number of amides is 1. The maximum absolute atomic E-state index is 13.9. The van der Waals surface area contributed by atoms with Gasteiger partial charge in [-0.1, -0.05) is 71.9 Å². The minimum absolute atomic E-state index is 0.0761. The zero-order valence-corrected chi connectivity index (χ0v) is 21.4. The Morgan fingerprint density at radius 2 is 1.69 bits per heavy atom. The van der Waals surface area contributed by atoms with Gasteiger partial charge in [-0.2, -0.15) is 0 Å². The largest absolute Gasteiger partial charge is 0.337 e. The summed E-state index contributed by atoms with van der Waals surface area (Å²) in [5.41, 5.74) is 3.73. The molecule has 2 aliphatic rings. The molecule has 6 rings (SSSR count). The molecule has 0 bridgehead atoms. The van der Waals surface area contributed by atoms with Crippen molar-refractivity contribution in [2.45, 2.75) is 11.8 Å². The van der Waals surface area contributed by atoms with Crippen molar-refractivity contribution in [3.8, 4) is 0 Å². The molecule has 0 aromatic heterocycles. The highest BCUT2D eigenvalue weighted by Crippen LogP contribution is 2.51. The molecule has 1 saturated heterocycles. The van der Waals surface area contributed by atoms with Crippen LogP contribution in [0.5, 0.6) is 0 Å². The lowest BCUT2D eigenvalue weighted by atomic mass is 10.1. The predicted octanol–water partition coefficient (Wildman–Crippen LogP) is 7.98. The van der Waals surface area contributed by atoms with Crippen molar-refractivity contribution in [1.29, 1.82) is 0 Å². The molecule has 0 N–H and O–H groups in total. The number of fused-ring (bicyclic) bond motifs is 2. The number of nitrogens with zero attached hydrogens (tertiary/aromatic N) is 3. The fourth-order valence-corrected chi connectivity index (χ4v) is 6.79. The van der Waals surface area contributed by atoms with Gasteiger partial charge in [0, 0.05) is 22.4 Å². The Morgan fingerprint density at radius 1 is 0.886 bits per heavy atom. The van der Waals surface area contributed by atoms with Gasteiger partial charge < -0.3 is 4.90 Å². The van der Waals surface area contributed by atoms with Gasteiger partial charge in [0.1, 0.15) is 4.91 Å². The van der Waals surface area contributed by atoms with E-state index >= 15 is 0 Å². The molecule has 1 fully saturated rings. The number of carbonyl (C=O) groups is 1. The number of amidine groups is 1. The molecule has 4 nitrogen and oxygen atoms in total. The molecule has 0 radical (unpaired) electrons. The second kappa shape index (κ2) is 8.79. The fraction of sp³-hybridized carbons (Fsp3) is 0.0714. The van der Waals surface area contributed by atoms with Crippen LogP contribution in [0.2, 0.25) is 5.02 Å². The predicted molar refractivity (Wildman–Crippen MR) is 150 cm³/mol. The smallest absolute Gasteiger partial charge is 0.274 e. The summed E-state index contributed by atoms with van der Waals surface area (Å²) in [6.45, 7) is 2.03. The molecule has 2 aliphatic heterocycles. The van der Waals surface area contributed by atoms with E-state index in [4.69, 9.17) is 16.6 Å². The second-order valence-electron chi connectivity index (χ2n) is 8.38. The molecule has 4 aromatic carbocycles. The number of hydrogen-bond acceptors (Lipinski definition) is 5. The topological polar surface area (TPSA) is 35.9 Å². The van der Waals surface area contributed by atoms with Gasteiger partial charge in [-0.15, -0.1) is 0 Å². The molecular weight excluding hydrogens is 494 g/mol. The van der Waals surface area contributed by atoms with Crippen molar-refractivity contribution >= 4 is 74.0 Å². The highest BCUT2D eigenvalue weighted by Gasteiger charge is 2.40. The third-order valence-electron chi connectivity index (χ3n) is 6.01. The number of aryl methyl sites for hydroxylation is 1. The SMILES string of the molecule is Cc1cccc(N2C(=O)C(=C3Sc4ccc(Cl)cc4N3C)SC2=Nc2cccc3ccccc23)c1. The van der Waals surface area contributed by atoms with Gasteiger partial charge in [-0.05, 0) is 66.0 Å². The quantitative estimate of drug-likeness (QED) is 0.254. The van der Waals surface area contributed by atoms with E-state index in [1.54, 1.807) is 16.7 Å². The molecule has 2 heterocycles. The molecule has 4 aromatic rings. The van der Waals surface area contributed by atoms with E-state index in [9.17, 15) is 4.79 Å². The molecule has 172 valence electrons. The number of aliphatic imine (C=N–C) groups is 1. The summed E-state index contributed by atoms with van der Waals surface area (Å²) in [5.74, 6) is -0.0761. The Labute approximate surface area is 217 Å². The van der Waals surface area contributed by atoms with E-state index in [1.165, 1.54) is 11.8 Å². The summed E-state index contributed by atoms with van der Waals surface area (Å²) in [7, 11) is 1.97. The van der Waals surface area contributed by atoms with E-state index in [0.29, 0.717) is 15.1 Å². The van der Waals surface area contributed by atoms with Gasteiger partial charge in [-0.3, -0.25) is 9.69 Å². The monoisotopic (exact) mass is 513 g/mol. The highest BCUT2D eigenvalue weighted by molar-refractivity contribution is 8.20. The van der Waals surface area contributed by atoms with Crippen molar-refractivity contribution in [2.75, 3.05) is 16.8 Å². The van der Waals surface area contributed by atoms with Crippen LogP contribution in [-0.2, 0) is 4.79 Å². The lowest BCUT2D eigenvalue weighted by Crippen LogP contribution is -2.29. The molecule has 0 unspecified atom stereocenters. The third-order valence-corrected chi connectivity index (χ3v) is 8.64.